The Morgan fingerprint density at radius 2 is 1.74 bits per heavy atom. The van der Waals surface area contributed by atoms with E-state index in [1.54, 1.807) is 26.9 Å². The summed E-state index contributed by atoms with van der Waals surface area (Å²) in [6.45, 7) is 14.3. The molecular formula is C29H46BrN3O5. The predicted octanol–water partition coefficient (Wildman–Crippen LogP) is 3.53. The third-order valence-corrected chi connectivity index (χ3v) is 9.06. The largest absolute Gasteiger partial charge is 0.396 e. The van der Waals surface area contributed by atoms with Crippen LogP contribution in [-0.4, -0.2) is 99.4 Å². The number of hydrogen-bond acceptors (Lipinski definition) is 5. The number of hydrogen-bond donors (Lipinski definition) is 1. The van der Waals surface area contributed by atoms with Crippen molar-refractivity contribution in [3.8, 4) is 0 Å². The Kier molecular flexibility index (Phi) is 11.4. The van der Waals surface area contributed by atoms with Crippen LogP contribution in [0.15, 0.2) is 25.3 Å². The van der Waals surface area contributed by atoms with E-state index in [0.29, 0.717) is 52.0 Å². The van der Waals surface area contributed by atoms with Crippen LogP contribution in [0.25, 0.3) is 0 Å². The van der Waals surface area contributed by atoms with Gasteiger partial charge in [-0.1, -0.05) is 54.8 Å². The van der Waals surface area contributed by atoms with E-state index in [2.05, 4.69) is 36.0 Å². The highest BCUT2D eigenvalue weighted by atomic mass is 79.9. The molecule has 1 N–H and O–H groups in total. The lowest BCUT2D eigenvalue weighted by molar-refractivity contribution is -0.148. The molecule has 8 nitrogen and oxygen atoms in total. The minimum absolute atomic E-state index is 0.0939. The van der Waals surface area contributed by atoms with Crippen LogP contribution in [0.3, 0.4) is 0 Å². The fourth-order valence-electron chi connectivity index (χ4n) is 6.60. The molecule has 3 aliphatic heterocycles. The topological polar surface area (TPSA) is 90.4 Å². The zero-order chi connectivity index (χ0) is 27.9. The van der Waals surface area contributed by atoms with Gasteiger partial charge in [0.05, 0.1) is 17.9 Å². The highest BCUT2D eigenvalue weighted by molar-refractivity contribution is 9.09. The summed E-state index contributed by atoms with van der Waals surface area (Å²) in [5, 5.41) is 9.24. The molecule has 3 fully saturated rings. The second-order valence-electron chi connectivity index (χ2n) is 10.8. The molecule has 3 heterocycles. The highest BCUT2D eigenvalue weighted by Crippen LogP contribution is 2.60. The lowest BCUT2D eigenvalue weighted by Gasteiger charge is -2.37. The zero-order valence-corrected chi connectivity index (χ0v) is 24.7. The summed E-state index contributed by atoms with van der Waals surface area (Å²) in [5.41, 5.74) is -1.04. The molecule has 0 aromatic carbocycles. The van der Waals surface area contributed by atoms with Crippen LogP contribution >= 0.6 is 15.9 Å². The molecule has 6 atom stereocenters. The van der Waals surface area contributed by atoms with Crippen LogP contribution in [0.5, 0.6) is 0 Å². The minimum Gasteiger partial charge on any atom is -0.396 e. The van der Waals surface area contributed by atoms with Gasteiger partial charge in [0.15, 0.2) is 0 Å². The van der Waals surface area contributed by atoms with E-state index in [1.807, 2.05) is 6.92 Å². The van der Waals surface area contributed by atoms with Crippen molar-refractivity contribution in [3.63, 3.8) is 0 Å². The molecule has 3 saturated heterocycles. The SMILES string of the molecule is C=CCN(CCCCC)C(=O)C1N(CCCCCO)C(=O)[C@@H]2[C@@H](C(=O)N(CC=C)CCC)[C@@H]3OC12CC3Br. The van der Waals surface area contributed by atoms with Crippen molar-refractivity contribution >= 4 is 33.7 Å². The summed E-state index contributed by atoms with van der Waals surface area (Å²) in [6.07, 6.45) is 9.29. The van der Waals surface area contributed by atoms with Gasteiger partial charge in [-0.3, -0.25) is 14.4 Å². The lowest BCUT2D eigenvalue weighted by Crippen LogP contribution is -2.57. The number of aliphatic hydroxyl groups is 1. The minimum atomic E-state index is -1.04. The van der Waals surface area contributed by atoms with Gasteiger partial charge in [0.2, 0.25) is 17.7 Å². The Morgan fingerprint density at radius 1 is 1.05 bits per heavy atom. The number of amides is 3. The van der Waals surface area contributed by atoms with Gasteiger partial charge in [-0.15, -0.1) is 13.2 Å². The van der Waals surface area contributed by atoms with Crippen molar-refractivity contribution < 1.29 is 24.2 Å². The lowest BCUT2D eigenvalue weighted by atomic mass is 9.70. The van der Waals surface area contributed by atoms with Crippen molar-refractivity contribution in [2.24, 2.45) is 11.8 Å². The van der Waals surface area contributed by atoms with E-state index in [1.165, 1.54) is 0 Å². The first-order valence-corrected chi connectivity index (χ1v) is 15.3. The summed E-state index contributed by atoms with van der Waals surface area (Å²) >= 11 is 3.76. The number of ether oxygens (including phenoxy) is 1. The summed E-state index contributed by atoms with van der Waals surface area (Å²) in [6, 6.07) is -0.780. The number of alkyl halides is 1. The van der Waals surface area contributed by atoms with Crippen LogP contribution in [0.2, 0.25) is 0 Å². The molecule has 3 aliphatic rings. The number of fused-ring (bicyclic) bond motifs is 1. The van der Waals surface area contributed by atoms with E-state index >= 15 is 0 Å². The molecule has 38 heavy (non-hydrogen) atoms. The average molecular weight is 597 g/mol. The van der Waals surface area contributed by atoms with Crippen LogP contribution in [0.4, 0.5) is 0 Å². The maximum atomic E-state index is 14.3. The number of nitrogens with zero attached hydrogens (tertiary/aromatic N) is 3. The molecule has 3 rings (SSSR count). The third-order valence-electron chi connectivity index (χ3n) is 8.21. The Bertz CT molecular complexity index is 869. The molecule has 3 unspecified atom stereocenters. The first-order valence-electron chi connectivity index (χ1n) is 14.3. The molecule has 0 aliphatic carbocycles. The quantitative estimate of drug-likeness (QED) is 0.158. The molecular weight excluding hydrogens is 550 g/mol. The van der Waals surface area contributed by atoms with Gasteiger partial charge >= 0.3 is 0 Å². The van der Waals surface area contributed by atoms with Gasteiger partial charge in [-0.2, -0.15) is 0 Å². The molecule has 0 aromatic heterocycles. The van der Waals surface area contributed by atoms with Gasteiger partial charge in [0, 0.05) is 44.2 Å². The second-order valence-corrected chi connectivity index (χ2v) is 12.0. The molecule has 9 heteroatoms. The molecule has 0 radical (unpaired) electrons. The first kappa shape index (κ1) is 30.8. The Labute approximate surface area is 236 Å². The zero-order valence-electron chi connectivity index (χ0n) is 23.2. The Balaban J connectivity index is 2.00. The van der Waals surface area contributed by atoms with E-state index < -0.39 is 29.6 Å². The predicted molar refractivity (Wildman–Crippen MR) is 152 cm³/mol. The van der Waals surface area contributed by atoms with Crippen molar-refractivity contribution in [1.29, 1.82) is 0 Å². The highest BCUT2D eigenvalue weighted by Gasteiger charge is 2.76. The number of aliphatic hydroxyl groups excluding tert-OH is 1. The fourth-order valence-corrected chi connectivity index (χ4v) is 7.55. The summed E-state index contributed by atoms with van der Waals surface area (Å²) in [5.74, 6) is -1.71. The monoisotopic (exact) mass is 595 g/mol. The molecule has 2 bridgehead atoms. The van der Waals surface area contributed by atoms with Crippen LogP contribution < -0.4 is 0 Å². The molecule has 3 amide bonds. The summed E-state index contributed by atoms with van der Waals surface area (Å²) in [4.78, 5) is 47.5. The first-order chi connectivity index (χ1) is 18.3. The van der Waals surface area contributed by atoms with Gasteiger partial charge in [-0.05, 0) is 38.5 Å². The standard InChI is InChI=1S/C29H46BrN3O5/c1-5-9-11-17-32(16-8-4)28(37)25-29-20-21(30)24(38-29)22(26(35)31(14-6-2)15-7-3)23(29)27(36)33(25)18-12-10-13-19-34/h6,8,21-25,34H,2,4-5,7,9-20H2,1,3H3/t21?,22-,23+,24-,25?,29?/m1/s1. The molecule has 0 saturated carbocycles. The second kappa shape index (κ2) is 14.1. The number of unbranched alkanes of at least 4 members (excludes halogenated alkanes) is 4. The average Bonchev–Trinajstić information content (AvgIpc) is 3.48. The van der Waals surface area contributed by atoms with E-state index in [9.17, 15) is 19.5 Å². The number of carbonyl (C=O) groups is 3. The van der Waals surface area contributed by atoms with E-state index in [4.69, 9.17) is 4.74 Å². The maximum absolute atomic E-state index is 14.3. The van der Waals surface area contributed by atoms with Crippen molar-refractivity contribution in [2.45, 2.75) is 87.8 Å². The smallest absolute Gasteiger partial charge is 0.248 e. The summed E-state index contributed by atoms with van der Waals surface area (Å²) < 4.78 is 6.66. The Hall–Kier alpha value is -1.71. The fraction of sp³-hybridized carbons (Fsp3) is 0.759. The van der Waals surface area contributed by atoms with Crippen LogP contribution in [0.1, 0.15) is 65.2 Å². The third kappa shape index (κ3) is 5.89. The molecule has 214 valence electrons. The Morgan fingerprint density at radius 3 is 2.34 bits per heavy atom. The maximum Gasteiger partial charge on any atom is 0.248 e. The van der Waals surface area contributed by atoms with Crippen LogP contribution in [-0.2, 0) is 19.1 Å². The number of likely N-dealkylation sites (tertiary alicyclic amines) is 1. The van der Waals surface area contributed by atoms with Gasteiger partial charge in [0.1, 0.15) is 11.6 Å². The number of halogens is 1. The van der Waals surface area contributed by atoms with E-state index in [0.717, 1.165) is 32.1 Å². The van der Waals surface area contributed by atoms with Crippen molar-refractivity contribution in [2.75, 3.05) is 39.3 Å². The van der Waals surface area contributed by atoms with Gasteiger partial charge in [-0.25, -0.2) is 0 Å². The number of carbonyl (C=O) groups excluding carboxylic acids is 3. The van der Waals surface area contributed by atoms with Crippen molar-refractivity contribution in [3.05, 3.63) is 25.3 Å². The molecule has 1 spiro atoms. The van der Waals surface area contributed by atoms with Crippen molar-refractivity contribution in [1.82, 2.24) is 14.7 Å². The number of rotatable bonds is 17. The van der Waals surface area contributed by atoms with Gasteiger partial charge in [0.25, 0.3) is 0 Å². The van der Waals surface area contributed by atoms with Gasteiger partial charge < -0.3 is 24.5 Å². The normalized spacial score (nSPS) is 29.4. The summed E-state index contributed by atoms with van der Waals surface area (Å²) in [7, 11) is 0. The molecule has 0 aromatic rings. The van der Waals surface area contributed by atoms with E-state index in [-0.39, 0.29) is 29.2 Å². The van der Waals surface area contributed by atoms with Crippen LogP contribution in [0, 0.1) is 11.8 Å².